The average molecular weight is 446 g/mol. The summed E-state index contributed by atoms with van der Waals surface area (Å²) in [6.45, 7) is 6.06. The first kappa shape index (κ1) is 19.5. The van der Waals surface area contributed by atoms with Gasteiger partial charge in [-0.15, -0.1) is 0 Å². The van der Waals surface area contributed by atoms with Crippen LogP contribution in [0.4, 0.5) is 11.5 Å². The Balaban J connectivity index is 1.26. The molecule has 2 unspecified atom stereocenters. The Morgan fingerprint density at radius 2 is 1.72 bits per heavy atom. The van der Waals surface area contributed by atoms with E-state index in [4.69, 9.17) is 16.6 Å². The van der Waals surface area contributed by atoms with Gasteiger partial charge in [0.15, 0.2) is 0 Å². The van der Waals surface area contributed by atoms with Crippen LogP contribution in [0.5, 0.6) is 0 Å². The molecule has 0 radical (unpaired) electrons. The van der Waals surface area contributed by atoms with Crippen LogP contribution >= 0.6 is 11.6 Å². The highest BCUT2D eigenvalue weighted by Gasteiger charge is 2.35. The predicted octanol–water partition coefficient (Wildman–Crippen LogP) is 4.14. The number of hydrogen-bond donors (Lipinski definition) is 0. The monoisotopic (exact) mass is 445 g/mol. The summed E-state index contributed by atoms with van der Waals surface area (Å²) in [7, 11) is 0. The van der Waals surface area contributed by atoms with Crippen LogP contribution in [0.15, 0.2) is 55.1 Å². The zero-order valence-electron chi connectivity index (χ0n) is 17.9. The number of nitrogens with zero attached hydrogens (tertiary/aromatic N) is 7. The molecule has 2 aliphatic heterocycles. The quantitative estimate of drug-likeness (QED) is 0.472. The lowest BCUT2D eigenvalue weighted by Crippen LogP contribution is -2.53. The molecule has 2 fully saturated rings. The molecule has 0 saturated carbocycles. The minimum Gasteiger partial charge on any atom is -0.369 e. The number of aryl methyl sites for hydroxylation is 1. The number of pyridine rings is 1. The minimum atomic E-state index is 0.573. The summed E-state index contributed by atoms with van der Waals surface area (Å²) >= 11 is 6.10. The van der Waals surface area contributed by atoms with Crippen molar-refractivity contribution < 1.29 is 0 Å². The summed E-state index contributed by atoms with van der Waals surface area (Å²) in [6, 6.07) is 9.83. The van der Waals surface area contributed by atoms with Gasteiger partial charge in [-0.1, -0.05) is 11.6 Å². The topological polar surface area (TPSA) is 63.0 Å². The number of halogens is 1. The zero-order valence-corrected chi connectivity index (χ0v) is 18.7. The van der Waals surface area contributed by atoms with E-state index in [1.165, 1.54) is 12.1 Å². The second-order valence-electron chi connectivity index (χ2n) is 8.90. The number of benzene rings is 1. The van der Waals surface area contributed by atoms with Gasteiger partial charge in [-0.05, 0) is 55.5 Å². The van der Waals surface area contributed by atoms with Gasteiger partial charge >= 0.3 is 0 Å². The van der Waals surface area contributed by atoms with E-state index in [9.17, 15) is 0 Å². The Hall–Kier alpha value is -3.19. The van der Waals surface area contributed by atoms with E-state index in [0.717, 1.165) is 54.4 Å². The molecule has 5 heterocycles. The summed E-state index contributed by atoms with van der Waals surface area (Å²) in [4.78, 5) is 18.9. The lowest BCUT2D eigenvalue weighted by atomic mass is 9.84. The summed E-state index contributed by atoms with van der Waals surface area (Å²) in [5.41, 5.74) is 5.01. The third kappa shape index (κ3) is 3.56. The van der Waals surface area contributed by atoms with Crippen molar-refractivity contribution >= 4 is 34.1 Å². The lowest BCUT2D eigenvalue weighted by molar-refractivity contribution is 0.275. The molecule has 8 heteroatoms. The van der Waals surface area contributed by atoms with Gasteiger partial charge in [0, 0.05) is 49.3 Å². The zero-order chi connectivity index (χ0) is 21.7. The van der Waals surface area contributed by atoms with Gasteiger partial charge in [0.2, 0.25) is 0 Å². The van der Waals surface area contributed by atoms with Gasteiger partial charge in [0.1, 0.15) is 11.5 Å². The first-order chi connectivity index (χ1) is 15.6. The third-order valence-electron chi connectivity index (χ3n) is 6.49. The number of fused-ring (bicyclic) bond motifs is 3. The van der Waals surface area contributed by atoms with Gasteiger partial charge in [0.05, 0.1) is 29.1 Å². The minimum absolute atomic E-state index is 0.573. The highest BCUT2D eigenvalue weighted by molar-refractivity contribution is 6.31. The van der Waals surface area contributed by atoms with Crippen LogP contribution < -0.4 is 9.80 Å². The number of anilines is 2. The molecule has 4 aromatic rings. The third-order valence-corrected chi connectivity index (χ3v) is 6.72. The number of hydrogen-bond acceptors (Lipinski definition) is 6. The van der Waals surface area contributed by atoms with Gasteiger partial charge in [-0.25, -0.2) is 9.67 Å². The van der Waals surface area contributed by atoms with Crippen molar-refractivity contribution in [2.75, 3.05) is 36.0 Å². The Kier molecular flexibility index (Phi) is 4.72. The molecular formula is C24H24ClN7. The molecule has 32 heavy (non-hydrogen) atoms. The van der Waals surface area contributed by atoms with Crippen molar-refractivity contribution in [3.05, 3.63) is 65.8 Å². The van der Waals surface area contributed by atoms with Crippen LogP contribution in [-0.4, -0.2) is 50.9 Å². The molecule has 6 rings (SSSR count). The van der Waals surface area contributed by atoms with E-state index in [1.54, 1.807) is 0 Å². The van der Waals surface area contributed by atoms with E-state index in [0.29, 0.717) is 16.9 Å². The fraction of sp³-hybridized carbons (Fsp3) is 0.333. The van der Waals surface area contributed by atoms with E-state index >= 15 is 0 Å². The largest absolute Gasteiger partial charge is 0.369 e. The molecule has 1 aromatic carbocycles. The van der Waals surface area contributed by atoms with Crippen molar-refractivity contribution in [3.8, 4) is 5.69 Å². The Morgan fingerprint density at radius 1 is 0.906 bits per heavy atom. The van der Waals surface area contributed by atoms with Crippen LogP contribution in [0.1, 0.15) is 12.1 Å². The Bertz CT molecular complexity index is 1260. The van der Waals surface area contributed by atoms with Crippen LogP contribution in [0.2, 0.25) is 5.02 Å². The Labute approximate surface area is 191 Å². The van der Waals surface area contributed by atoms with Crippen molar-refractivity contribution in [2.45, 2.75) is 13.3 Å². The number of piperidine rings is 2. The van der Waals surface area contributed by atoms with Crippen molar-refractivity contribution in [2.24, 2.45) is 11.8 Å². The second kappa shape index (κ2) is 7.74. The van der Waals surface area contributed by atoms with Crippen molar-refractivity contribution in [1.82, 2.24) is 24.7 Å². The predicted molar refractivity (Wildman–Crippen MR) is 127 cm³/mol. The lowest BCUT2D eigenvalue weighted by Gasteiger charge is -2.47. The van der Waals surface area contributed by atoms with Gasteiger partial charge in [-0.2, -0.15) is 5.10 Å². The van der Waals surface area contributed by atoms with Crippen molar-refractivity contribution in [3.63, 3.8) is 0 Å². The van der Waals surface area contributed by atoms with E-state index in [1.807, 2.05) is 53.7 Å². The molecule has 0 spiro atoms. The molecule has 3 aromatic heterocycles. The van der Waals surface area contributed by atoms with E-state index in [2.05, 4.69) is 37.9 Å². The highest BCUT2D eigenvalue weighted by atomic mass is 35.5. The second-order valence-corrected chi connectivity index (χ2v) is 9.34. The van der Waals surface area contributed by atoms with E-state index in [-0.39, 0.29) is 0 Å². The fourth-order valence-corrected chi connectivity index (χ4v) is 5.34. The van der Waals surface area contributed by atoms with Gasteiger partial charge in [-0.3, -0.25) is 9.97 Å². The molecule has 2 aliphatic rings. The molecule has 2 bridgehead atoms. The molecule has 0 N–H and O–H groups in total. The normalized spacial score (nSPS) is 20.7. The molecule has 7 nitrogen and oxygen atoms in total. The van der Waals surface area contributed by atoms with Crippen LogP contribution in [0.3, 0.4) is 0 Å². The SMILES string of the molecule is Cc1cc(N2CC3CC(CN(c4cnc5cc(Cl)ccc5n4)C3)C2)c(-n2cccn2)cn1. The molecule has 0 amide bonds. The Morgan fingerprint density at radius 3 is 2.50 bits per heavy atom. The van der Waals surface area contributed by atoms with Crippen LogP contribution in [-0.2, 0) is 0 Å². The molecule has 2 saturated heterocycles. The number of aromatic nitrogens is 5. The average Bonchev–Trinajstić information content (AvgIpc) is 3.32. The van der Waals surface area contributed by atoms with Crippen LogP contribution in [0, 0.1) is 18.8 Å². The number of rotatable bonds is 3. The maximum absolute atomic E-state index is 6.10. The molecule has 162 valence electrons. The van der Waals surface area contributed by atoms with Crippen molar-refractivity contribution in [1.29, 1.82) is 0 Å². The fourth-order valence-electron chi connectivity index (χ4n) is 5.17. The maximum atomic E-state index is 6.10. The molecule has 0 aliphatic carbocycles. The van der Waals surface area contributed by atoms with Gasteiger partial charge < -0.3 is 9.80 Å². The molecular weight excluding hydrogens is 422 g/mol. The van der Waals surface area contributed by atoms with E-state index < -0.39 is 0 Å². The summed E-state index contributed by atoms with van der Waals surface area (Å²) < 4.78 is 1.91. The first-order valence-electron chi connectivity index (χ1n) is 11.0. The summed E-state index contributed by atoms with van der Waals surface area (Å²) in [5, 5.41) is 5.13. The summed E-state index contributed by atoms with van der Waals surface area (Å²) in [6.07, 6.45) is 8.87. The van der Waals surface area contributed by atoms with Crippen LogP contribution in [0.25, 0.3) is 16.7 Å². The smallest absolute Gasteiger partial charge is 0.147 e. The first-order valence-corrected chi connectivity index (χ1v) is 11.4. The molecule has 2 atom stereocenters. The highest BCUT2D eigenvalue weighted by Crippen LogP contribution is 2.35. The maximum Gasteiger partial charge on any atom is 0.147 e. The standard InChI is InChI=1S/C24H24ClN7/c1-16-7-22(23(10-26-16)32-6-2-5-28-32)30-12-17-8-18(13-30)15-31(14-17)24-11-27-21-9-19(25)3-4-20(21)29-24/h2-7,9-11,17-18H,8,12-15H2,1H3. The van der Waals surface area contributed by atoms with Gasteiger partial charge in [0.25, 0.3) is 0 Å². The summed E-state index contributed by atoms with van der Waals surface area (Å²) in [5.74, 6) is 2.10.